The van der Waals surface area contributed by atoms with Gasteiger partial charge >= 0.3 is 0 Å². The summed E-state index contributed by atoms with van der Waals surface area (Å²) in [6, 6.07) is 7.36. The molecule has 18 heavy (non-hydrogen) atoms. The minimum atomic E-state index is -0.248. The third-order valence-corrected chi connectivity index (χ3v) is 3.22. The summed E-state index contributed by atoms with van der Waals surface area (Å²) in [6.07, 6.45) is 1.95. The van der Waals surface area contributed by atoms with E-state index >= 15 is 0 Å². The second-order valence-corrected chi connectivity index (χ2v) is 4.48. The van der Waals surface area contributed by atoms with Crippen LogP contribution in [0.4, 0.5) is 0 Å². The number of Topliss-reactive ketones (excluding diaryl/α,β-unsaturated/α-hetero) is 1. The van der Waals surface area contributed by atoms with Crippen molar-refractivity contribution < 1.29 is 9.59 Å². The lowest BCUT2D eigenvalue weighted by Gasteiger charge is -2.05. The maximum absolute atomic E-state index is 12.2. The minimum Gasteiger partial charge on any atom is -0.352 e. The SMILES string of the molecule is CCCCNC(=O)C1=C(C)c2ccccc2C1=O. The average Bonchev–Trinajstić information content (AvgIpc) is 2.63. The number of nitrogens with one attached hydrogen (secondary N) is 1. The van der Waals surface area contributed by atoms with Gasteiger partial charge in [0.2, 0.25) is 0 Å². The Morgan fingerprint density at radius 3 is 2.50 bits per heavy atom. The van der Waals surface area contributed by atoms with E-state index in [4.69, 9.17) is 0 Å². The van der Waals surface area contributed by atoms with E-state index in [9.17, 15) is 9.59 Å². The summed E-state index contributed by atoms with van der Waals surface area (Å²) in [5, 5.41) is 2.80. The van der Waals surface area contributed by atoms with Gasteiger partial charge in [-0.3, -0.25) is 9.59 Å². The Balaban J connectivity index is 2.23. The Hall–Kier alpha value is -1.90. The summed E-state index contributed by atoms with van der Waals surface area (Å²) < 4.78 is 0. The fourth-order valence-corrected chi connectivity index (χ4v) is 2.19. The van der Waals surface area contributed by atoms with Crippen LogP contribution in [-0.4, -0.2) is 18.2 Å². The van der Waals surface area contributed by atoms with Crippen molar-refractivity contribution in [1.82, 2.24) is 5.32 Å². The smallest absolute Gasteiger partial charge is 0.255 e. The van der Waals surface area contributed by atoms with Crippen molar-refractivity contribution in [1.29, 1.82) is 0 Å². The molecule has 1 amide bonds. The third kappa shape index (κ3) is 2.08. The Morgan fingerprint density at radius 1 is 1.22 bits per heavy atom. The normalized spacial score (nSPS) is 13.8. The van der Waals surface area contributed by atoms with Crippen molar-refractivity contribution in [3.05, 3.63) is 41.0 Å². The molecular weight excluding hydrogens is 226 g/mol. The van der Waals surface area contributed by atoms with Crippen molar-refractivity contribution >= 4 is 17.3 Å². The first-order valence-electron chi connectivity index (χ1n) is 6.30. The third-order valence-electron chi connectivity index (χ3n) is 3.22. The van der Waals surface area contributed by atoms with Crippen molar-refractivity contribution in [3.8, 4) is 0 Å². The van der Waals surface area contributed by atoms with Crippen LogP contribution >= 0.6 is 0 Å². The Bertz CT molecular complexity index is 529. The van der Waals surface area contributed by atoms with Crippen LogP contribution in [0.15, 0.2) is 29.8 Å². The van der Waals surface area contributed by atoms with Crippen LogP contribution in [0, 0.1) is 0 Å². The van der Waals surface area contributed by atoms with Gasteiger partial charge in [-0.25, -0.2) is 0 Å². The first-order chi connectivity index (χ1) is 8.66. The molecule has 1 aliphatic rings. The monoisotopic (exact) mass is 243 g/mol. The molecule has 0 spiro atoms. The zero-order chi connectivity index (χ0) is 13.1. The van der Waals surface area contributed by atoms with Crippen LogP contribution in [-0.2, 0) is 4.79 Å². The van der Waals surface area contributed by atoms with Crippen molar-refractivity contribution in [2.75, 3.05) is 6.54 Å². The van der Waals surface area contributed by atoms with E-state index in [1.54, 1.807) is 6.07 Å². The number of rotatable bonds is 4. The quantitative estimate of drug-likeness (QED) is 0.652. The lowest BCUT2D eigenvalue weighted by atomic mass is 10.1. The van der Waals surface area contributed by atoms with E-state index in [1.807, 2.05) is 25.1 Å². The fraction of sp³-hybridized carbons (Fsp3) is 0.333. The molecule has 0 radical (unpaired) electrons. The molecule has 0 aliphatic heterocycles. The number of carbonyl (C=O) groups is 2. The highest BCUT2D eigenvalue weighted by molar-refractivity contribution is 6.34. The van der Waals surface area contributed by atoms with Gasteiger partial charge in [0.1, 0.15) is 0 Å². The molecule has 0 saturated carbocycles. The maximum Gasteiger partial charge on any atom is 0.255 e. The summed E-state index contributed by atoms with van der Waals surface area (Å²) in [5.41, 5.74) is 2.59. The topological polar surface area (TPSA) is 46.2 Å². The summed E-state index contributed by atoms with van der Waals surface area (Å²) >= 11 is 0. The molecule has 1 aliphatic carbocycles. The van der Waals surface area contributed by atoms with E-state index in [1.165, 1.54) is 0 Å². The molecular formula is C15H17NO2. The van der Waals surface area contributed by atoms with Gasteiger partial charge < -0.3 is 5.32 Å². The summed E-state index contributed by atoms with van der Waals surface area (Å²) in [6.45, 7) is 4.52. The first-order valence-corrected chi connectivity index (χ1v) is 6.30. The van der Waals surface area contributed by atoms with E-state index in [0.29, 0.717) is 17.7 Å². The second-order valence-electron chi connectivity index (χ2n) is 4.48. The van der Waals surface area contributed by atoms with Gasteiger partial charge in [-0.1, -0.05) is 37.6 Å². The van der Waals surface area contributed by atoms with Crippen molar-refractivity contribution in [2.24, 2.45) is 0 Å². The van der Waals surface area contributed by atoms with E-state index in [2.05, 4.69) is 12.2 Å². The Labute approximate surface area is 107 Å². The molecule has 0 atom stereocenters. The number of carbonyl (C=O) groups excluding carboxylic acids is 2. The molecule has 0 saturated heterocycles. The maximum atomic E-state index is 12.2. The van der Waals surface area contributed by atoms with Gasteiger partial charge in [0, 0.05) is 12.1 Å². The Kier molecular flexibility index (Phi) is 3.60. The molecule has 3 nitrogen and oxygen atoms in total. The van der Waals surface area contributed by atoms with E-state index < -0.39 is 0 Å². The molecule has 3 heteroatoms. The Morgan fingerprint density at radius 2 is 1.89 bits per heavy atom. The summed E-state index contributed by atoms with van der Waals surface area (Å²) in [4.78, 5) is 24.2. The highest BCUT2D eigenvalue weighted by Crippen LogP contribution is 2.32. The van der Waals surface area contributed by atoms with Gasteiger partial charge in [0.25, 0.3) is 5.91 Å². The molecule has 0 heterocycles. The van der Waals surface area contributed by atoms with Gasteiger partial charge in [-0.2, -0.15) is 0 Å². The van der Waals surface area contributed by atoms with Crippen LogP contribution < -0.4 is 5.32 Å². The number of allylic oxidation sites excluding steroid dienone is 1. The molecule has 0 aromatic heterocycles. The average molecular weight is 243 g/mol. The molecule has 0 fully saturated rings. The highest BCUT2D eigenvalue weighted by atomic mass is 16.2. The molecule has 0 unspecified atom stereocenters. The van der Waals surface area contributed by atoms with Crippen LogP contribution in [0.5, 0.6) is 0 Å². The molecule has 94 valence electrons. The number of benzene rings is 1. The summed E-state index contributed by atoms with van der Waals surface area (Å²) in [7, 11) is 0. The summed E-state index contributed by atoms with van der Waals surface area (Å²) in [5.74, 6) is -0.403. The lowest BCUT2D eigenvalue weighted by Crippen LogP contribution is -2.28. The zero-order valence-electron chi connectivity index (χ0n) is 10.7. The minimum absolute atomic E-state index is 0.155. The van der Waals surface area contributed by atoms with E-state index in [0.717, 1.165) is 24.0 Å². The fourth-order valence-electron chi connectivity index (χ4n) is 2.19. The van der Waals surface area contributed by atoms with Gasteiger partial charge in [-0.05, 0) is 24.5 Å². The molecule has 2 rings (SSSR count). The number of fused-ring (bicyclic) bond motifs is 1. The molecule has 0 bridgehead atoms. The van der Waals surface area contributed by atoms with Gasteiger partial charge in [0.05, 0.1) is 5.57 Å². The standard InChI is InChI=1S/C15H17NO2/c1-3-4-9-16-15(18)13-10(2)11-7-5-6-8-12(11)14(13)17/h5-8H,3-4,9H2,1-2H3,(H,16,18). The van der Waals surface area contributed by atoms with Crippen LogP contribution in [0.1, 0.15) is 42.6 Å². The molecule has 1 N–H and O–H groups in total. The predicted octanol–water partition coefficient (Wildman–Crippen LogP) is 2.57. The first kappa shape index (κ1) is 12.6. The second kappa shape index (κ2) is 5.17. The zero-order valence-corrected chi connectivity index (χ0v) is 10.7. The molecule has 1 aromatic rings. The number of amides is 1. The molecule has 1 aromatic carbocycles. The number of hydrogen-bond acceptors (Lipinski definition) is 2. The van der Waals surface area contributed by atoms with Gasteiger partial charge in [-0.15, -0.1) is 0 Å². The van der Waals surface area contributed by atoms with Crippen molar-refractivity contribution in [3.63, 3.8) is 0 Å². The van der Waals surface area contributed by atoms with E-state index in [-0.39, 0.29) is 11.7 Å². The van der Waals surface area contributed by atoms with Crippen LogP contribution in [0.3, 0.4) is 0 Å². The largest absolute Gasteiger partial charge is 0.352 e. The predicted molar refractivity (Wildman–Crippen MR) is 71.3 cm³/mol. The van der Waals surface area contributed by atoms with Crippen molar-refractivity contribution in [2.45, 2.75) is 26.7 Å². The highest BCUT2D eigenvalue weighted by Gasteiger charge is 2.31. The van der Waals surface area contributed by atoms with Gasteiger partial charge in [0.15, 0.2) is 5.78 Å². The number of ketones is 1. The lowest BCUT2D eigenvalue weighted by molar-refractivity contribution is -0.117. The van der Waals surface area contributed by atoms with Crippen LogP contribution in [0.25, 0.3) is 5.57 Å². The number of unbranched alkanes of at least 4 members (excludes halogenated alkanes) is 1. The number of hydrogen-bond donors (Lipinski definition) is 1. The van der Waals surface area contributed by atoms with Crippen LogP contribution in [0.2, 0.25) is 0 Å².